The number of ether oxygens (including phenoxy) is 2. The van der Waals surface area contributed by atoms with Gasteiger partial charge in [0.25, 0.3) is 0 Å². The molecule has 2 fully saturated rings. The number of rotatable bonds is 0. The van der Waals surface area contributed by atoms with E-state index in [1.807, 2.05) is 12.1 Å². The molecule has 2 aliphatic heterocycles. The Hall–Kier alpha value is -0.580. The Morgan fingerprint density at radius 1 is 1.21 bits per heavy atom. The molecule has 0 N–H and O–H groups in total. The summed E-state index contributed by atoms with van der Waals surface area (Å²) in [6, 6.07) is 6.84. The Balaban J connectivity index is 1.68. The van der Waals surface area contributed by atoms with Gasteiger partial charge in [0.15, 0.2) is 0 Å². The van der Waals surface area contributed by atoms with E-state index in [1.165, 1.54) is 31.2 Å². The molecule has 0 spiro atoms. The molecule has 1 aromatic rings. The monoisotopic (exact) mass is 323 g/mol. The summed E-state index contributed by atoms with van der Waals surface area (Å²) in [4.78, 5) is 2.42. The maximum atomic E-state index is 6.16. The summed E-state index contributed by atoms with van der Waals surface area (Å²) in [5.74, 6) is 1.67. The van der Waals surface area contributed by atoms with Crippen molar-refractivity contribution in [3.05, 3.63) is 28.2 Å². The minimum Gasteiger partial charge on any atom is -0.478 e. The standard InChI is InChI=1S/C15H18BrNO2/c16-11-5-6-14-12(7-11)15-17(9-19-14)13-4-2-1-3-10(13)8-18-15/h5-7,10,13,15H,1-4,8-9H2/t10-,13-,15-/m0/s1. The fourth-order valence-corrected chi connectivity index (χ4v) is 4.10. The lowest BCUT2D eigenvalue weighted by Crippen LogP contribution is -2.54. The van der Waals surface area contributed by atoms with Crippen LogP contribution >= 0.6 is 15.9 Å². The Bertz CT molecular complexity index is 493. The fraction of sp³-hybridized carbons (Fsp3) is 0.600. The molecule has 0 amide bonds. The number of hydrogen-bond donors (Lipinski definition) is 0. The third kappa shape index (κ3) is 2.01. The smallest absolute Gasteiger partial charge is 0.144 e. The Labute approximate surface area is 122 Å². The SMILES string of the molecule is Brc1ccc2c(c1)[C@@H]1OC[C@@H]3CCCC[C@@H]3N1CO2. The third-order valence-electron chi connectivity index (χ3n) is 4.67. The van der Waals surface area contributed by atoms with Crippen LogP contribution in [0.2, 0.25) is 0 Å². The van der Waals surface area contributed by atoms with Crippen LogP contribution in [0, 0.1) is 5.92 Å². The molecule has 0 unspecified atom stereocenters. The summed E-state index contributed by atoms with van der Waals surface area (Å²) in [5, 5.41) is 0. The van der Waals surface area contributed by atoms with E-state index >= 15 is 0 Å². The highest BCUT2D eigenvalue weighted by Gasteiger charge is 2.42. The first-order valence-corrected chi connectivity index (χ1v) is 7.92. The van der Waals surface area contributed by atoms with Gasteiger partial charge >= 0.3 is 0 Å². The molecule has 2 heterocycles. The molecule has 1 saturated carbocycles. The van der Waals surface area contributed by atoms with Crippen molar-refractivity contribution >= 4 is 15.9 Å². The lowest BCUT2D eigenvalue weighted by Gasteiger charge is -2.50. The van der Waals surface area contributed by atoms with Gasteiger partial charge < -0.3 is 9.47 Å². The molecule has 0 bridgehead atoms. The van der Waals surface area contributed by atoms with Gasteiger partial charge in [-0.05, 0) is 37.0 Å². The van der Waals surface area contributed by atoms with Crippen molar-refractivity contribution in [2.45, 2.75) is 38.0 Å². The third-order valence-corrected chi connectivity index (χ3v) is 5.16. The molecule has 1 aromatic carbocycles. The van der Waals surface area contributed by atoms with E-state index in [4.69, 9.17) is 9.47 Å². The van der Waals surface area contributed by atoms with E-state index in [1.54, 1.807) is 0 Å². The molecule has 19 heavy (non-hydrogen) atoms. The molecule has 4 rings (SSSR count). The number of nitrogens with zero attached hydrogens (tertiary/aromatic N) is 1. The first kappa shape index (κ1) is 12.2. The Morgan fingerprint density at radius 3 is 3.05 bits per heavy atom. The van der Waals surface area contributed by atoms with E-state index in [9.17, 15) is 0 Å². The average Bonchev–Trinajstić information content (AvgIpc) is 2.46. The lowest BCUT2D eigenvalue weighted by atomic mass is 9.82. The average molecular weight is 324 g/mol. The fourth-order valence-electron chi connectivity index (χ4n) is 3.72. The van der Waals surface area contributed by atoms with Crippen molar-refractivity contribution in [2.75, 3.05) is 13.3 Å². The van der Waals surface area contributed by atoms with Gasteiger partial charge in [-0.3, -0.25) is 0 Å². The maximum Gasteiger partial charge on any atom is 0.144 e. The molecule has 3 aliphatic rings. The highest BCUT2D eigenvalue weighted by atomic mass is 79.9. The van der Waals surface area contributed by atoms with Crippen molar-refractivity contribution in [2.24, 2.45) is 5.92 Å². The Morgan fingerprint density at radius 2 is 2.11 bits per heavy atom. The second-order valence-corrected chi connectivity index (χ2v) is 6.68. The molecule has 1 saturated heterocycles. The molecule has 3 nitrogen and oxygen atoms in total. The van der Waals surface area contributed by atoms with Crippen LogP contribution < -0.4 is 4.74 Å². The lowest BCUT2D eigenvalue weighted by molar-refractivity contribution is -0.192. The number of halogens is 1. The summed E-state index contributed by atoms with van der Waals surface area (Å²) < 4.78 is 13.2. The highest BCUT2D eigenvalue weighted by Crippen LogP contribution is 2.44. The van der Waals surface area contributed by atoms with Crippen LogP contribution in [0.25, 0.3) is 0 Å². The first-order valence-electron chi connectivity index (χ1n) is 7.12. The molecule has 4 heteroatoms. The minimum absolute atomic E-state index is 0.0839. The molecular formula is C15H18BrNO2. The molecular weight excluding hydrogens is 306 g/mol. The normalized spacial score (nSPS) is 33.8. The molecule has 102 valence electrons. The quantitative estimate of drug-likeness (QED) is 0.726. The number of fused-ring (bicyclic) bond motifs is 5. The van der Waals surface area contributed by atoms with Gasteiger partial charge in [-0.2, -0.15) is 0 Å². The van der Waals surface area contributed by atoms with Crippen LogP contribution in [0.15, 0.2) is 22.7 Å². The Kier molecular flexibility index (Phi) is 3.05. The van der Waals surface area contributed by atoms with Crippen molar-refractivity contribution in [1.82, 2.24) is 4.90 Å². The van der Waals surface area contributed by atoms with Crippen LogP contribution in [0.1, 0.15) is 37.5 Å². The predicted octanol–water partition coefficient (Wildman–Crippen LogP) is 3.69. The largest absolute Gasteiger partial charge is 0.478 e. The van der Waals surface area contributed by atoms with E-state index in [0.717, 1.165) is 16.8 Å². The zero-order valence-corrected chi connectivity index (χ0v) is 12.4. The van der Waals surface area contributed by atoms with Crippen molar-refractivity contribution in [3.63, 3.8) is 0 Å². The van der Waals surface area contributed by atoms with Gasteiger partial charge in [0.2, 0.25) is 0 Å². The zero-order valence-electron chi connectivity index (χ0n) is 10.8. The molecule has 3 atom stereocenters. The van der Waals surface area contributed by atoms with Gasteiger partial charge in [-0.15, -0.1) is 0 Å². The van der Waals surface area contributed by atoms with Crippen molar-refractivity contribution < 1.29 is 9.47 Å². The topological polar surface area (TPSA) is 21.7 Å². The number of benzene rings is 1. The van der Waals surface area contributed by atoms with Crippen molar-refractivity contribution in [1.29, 1.82) is 0 Å². The van der Waals surface area contributed by atoms with Crippen LogP contribution in [-0.4, -0.2) is 24.3 Å². The van der Waals surface area contributed by atoms with E-state index in [-0.39, 0.29) is 6.23 Å². The predicted molar refractivity (Wildman–Crippen MR) is 75.9 cm³/mol. The van der Waals surface area contributed by atoms with Gasteiger partial charge in [0.05, 0.1) is 6.61 Å². The summed E-state index contributed by atoms with van der Waals surface area (Å²) in [5.41, 5.74) is 1.17. The second kappa shape index (κ2) is 4.76. The van der Waals surface area contributed by atoms with Crippen LogP contribution in [0.3, 0.4) is 0 Å². The van der Waals surface area contributed by atoms with Gasteiger partial charge in [0, 0.05) is 16.1 Å². The van der Waals surface area contributed by atoms with Crippen LogP contribution in [-0.2, 0) is 4.74 Å². The van der Waals surface area contributed by atoms with Gasteiger partial charge in [-0.1, -0.05) is 28.8 Å². The summed E-state index contributed by atoms with van der Waals surface area (Å²) >= 11 is 3.55. The van der Waals surface area contributed by atoms with E-state index < -0.39 is 0 Å². The van der Waals surface area contributed by atoms with E-state index in [2.05, 4.69) is 26.9 Å². The van der Waals surface area contributed by atoms with Crippen LogP contribution in [0.5, 0.6) is 5.75 Å². The zero-order chi connectivity index (χ0) is 12.8. The summed E-state index contributed by atoms with van der Waals surface area (Å²) in [7, 11) is 0. The number of hydrogen-bond acceptors (Lipinski definition) is 3. The molecule has 0 aromatic heterocycles. The maximum absolute atomic E-state index is 6.16. The van der Waals surface area contributed by atoms with Gasteiger partial charge in [0.1, 0.15) is 18.7 Å². The first-order chi connectivity index (χ1) is 9.33. The van der Waals surface area contributed by atoms with Gasteiger partial charge in [-0.25, -0.2) is 4.90 Å². The highest BCUT2D eigenvalue weighted by molar-refractivity contribution is 9.10. The van der Waals surface area contributed by atoms with Crippen molar-refractivity contribution in [3.8, 4) is 5.75 Å². The summed E-state index contributed by atoms with van der Waals surface area (Å²) in [6.45, 7) is 1.57. The molecule has 1 aliphatic carbocycles. The summed E-state index contributed by atoms with van der Waals surface area (Å²) in [6.07, 6.45) is 5.37. The molecule has 0 radical (unpaired) electrons. The minimum atomic E-state index is 0.0839. The van der Waals surface area contributed by atoms with E-state index in [0.29, 0.717) is 18.7 Å². The van der Waals surface area contributed by atoms with Crippen LogP contribution in [0.4, 0.5) is 0 Å². The second-order valence-electron chi connectivity index (χ2n) is 5.77.